The average molecular weight is 642 g/mol. The van der Waals surface area contributed by atoms with Gasteiger partial charge in [0.25, 0.3) is 5.56 Å². The molecule has 5 rings (SSSR count). The van der Waals surface area contributed by atoms with Crippen molar-refractivity contribution in [3.05, 3.63) is 58.4 Å². The summed E-state index contributed by atoms with van der Waals surface area (Å²) in [6.07, 6.45) is 6.18. The molecule has 2 heterocycles. The molecule has 0 radical (unpaired) electrons. The molecular weight excluding hydrogens is 601 g/mol. The maximum atomic E-state index is 15.0. The lowest BCUT2D eigenvalue weighted by Crippen LogP contribution is -2.41. The lowest BCUT2D eigenvalue weighted by atomic mass is 9.94. The lowest BCUT2D eigenvalue weighted by Gasteiger charge is -2.33. The Labute approximate surface area is 263 Å². The van der Waals surface area contributed by atoms with Gasteiger partial charge in [0.2, 0.25) is 10.0 Å². The summed E-state index contributed by atoms with van der Waals surface area (Å²) in [4.78, 5) is 31.9. The molecule has 1 aliphatic heterocycles. The number of carbonyl (C=O) groups is 1. The number of aryl methyl sites for hydroxylation is 1. The Kier molecular flexibility index (Phi) is 9.34. The number of fused-ring (bicyclic) bond motifs is 1. The van der Waals surface area contributed by atoms with Gasteiger partial charge in [-0.15, -0.1) is 0 Å². The molecule has 1 saturated heterocycles. The van der Waals surface area contributed by atoms with E-state index in [0.717, 1.165) is 38.2 Å². The van der Waals surface area contributed by atoms with Crippen LogP contribution in [0.4, 0.5) is 14.9 Å². The number of benzene rings is 2. The van der Waals surface area contributed by atoms with E-state index in [2.05, 4.69) is 9.71 Å². The van der Waals surface area contributed by atoms with Crippen LogP contribution in [0.25, 0.3) is 10.9 Å². The van der Waals surface area contributed by atoms with E-state index in [1.54, 1.807) is 11.0 Å². The van der Waals surface area contributed by atoms with Gasteiger partial charge in [0.05, 0.1) is 28.2 Å². The van der Waals surface area contributed by atoms with E-state index >= 15 is 0 Å². The summed E-state index contributed by atoms with van der Waals surface area (Å²) in [6.45, 7) is 7.13. The number of hydrogen-bond acceptors (Lipinski definition) is 8. The number of halogens is 1. The van der Waals surface area contributed by atoms with Crippen molar-refractivity contribution in [3.63, 3.8) is 0 Å². The maximum Gasteiger partial charge on any atom is 0.410 e. The molecule has 1 amide bonds. The molecule has 11 nitrogen and oxygen atoms in total. The van der Waals surface area contributed by atoms with Crippen LogP contribution in [0.5, 0.6) is 11.5 Å². The second-order valence-electron chi connectivity index (χ2n) is 12.7. The molecule has 0 bridgehead atoms. The molecule has 1 N–H and O–H groups in total. The number of ether oxygens (including phenoxy) is 2. The number of nitrogens with one attached hydrogen (secondary N) is 1. The Morgan fingerprint density at radius 1 is 1.16 bits per heavy atom. The normalized spacial score (nSPS) is 16.5. The van der Waals surface area contributed by atoms with Crippen LogP contribution < -0.4 is 15.0 Å². The zero-order valence-electron chi connectivity index (χ0n) is 25.7. The molecule has 1 saturated carbocycles. The van der Waals surface area contributed by atoms with Gasteiger partial charge in [-0.3, -0.25) is 14.1 Å². The highest BCUT2D eigenvalue weighted by Crippen LogP contribution is 2.35. The van der Waals surface area contributed by atoms with Crippen LogP contribution in [-0.4, -0.2) is 52.9 Å². The summed E-state index contributed by atoms with van der Waals surface area (Å²) >= 11 is 0. The number of likely N-dealkylation sites (tertiary alicyclic amines) is 1. The van der Waals surface area contributed by atoms with E-state index in [4.69, 9.17) is 9.47 Å². The summed E-state index contributed by atoms with van der Waals surface area (Å²) in [6, 6.07) is 8.62. The summed E-state index contributed by atoms with van der Waals surface area (Å²) in [5.74, 6) is -0.867. The van der Waals surface area contributed by atoms with Crippen molar-refractivity contribution < 1.29 is 28.5 Å². The number of carbonyl (C=O) groups excluding carboxylic acids is 1. The number of sulfonamides is 1. The molecule has 0 unspecified atom stereocenters. The molecule has 0 spiro atoms. The fraction of sp³-hybridized carbons (Fsp3) is 0.500. The molecular formula is C32H40FN5O6S. The third kappa shape index (κ3) is 7.56. The molecule has 242 valence electrons. The molecule has 13 heteroatoms. The van der Waals surface area contributed by atoms with E-state index in [1.807, 2.05) is 26.8 Å². The van der Waals surface area contributed by atoms with Crippen molar-refractivity contribution in [2.45, 2.75) is 83.1 Å². The second-order valence-corrected chi connectivity index (χ2v) is 14.6. The molecule has 2 aliphatic rings. The van der Waals surface area contributed by atoms with Gasteiger partial charge in [-0.25, -0.2) is 22.6 Å². The molecule has 2 aromatic carbocycles. The van der Waals surface area contributed by atoms with Gasteiger partial charge in [0, 0.05) is 21.1 Å². The number of anilines is 1. The Bertz CT molecular complexity index is 1790. The first-order chi connectivity index (χ1) is 21.3. The van der Waals surface area contributed by atoms with Gasteiger partial charge in [-0.2, -0.15) is 5.26 Å². The Hall–Kier alpha value is -4.18. The molecule has 0 atom stereocenters. The van der Waals surface area contributed by atoms with E-state index < -0.39 is 32.4 Å². The maximum absolute atomic E-state index is 15.0. The van der Waals surface area contributed by atoms with Gasteiger partial charge in [0.15, 0.2) is 11.6 Å². The molecule has 3 aromatic rings. The summed E-state index contributed by atoms with van der Waals surface area (Å²) < 4.78 is 55.9. The van der Waals surface area contributed by atoms with Gasteiger partial charge < -0.3 is 14.4 Å². The smallest absolute Gasteiger partial charge is 0.410 e. The zero-order valence-corrected chi connectivity index (χ0v) is 26.5. The third-order valence-corrected chi connectivity index (χ3v) is 10.1. The molecule has 45 heavy (non-hydrogen) atoms. The number of nitrogens with zero attached hydrogens (tertiary/aromatic N) is 4. The van der Waals surface area contributed by atoms with Crippen molar-refractivity contribution >= 4 is 32.7 Å². The van der Waals surface area contributed by atoms with Gasteiger partial charge >= 0.3 is 6.09 Å². The Morgan fingerprint density at radius 3 is 2.53 bits per heavy atom. The minimum Gasteiger partial charge on any atom is -0.453 e. The number of rotatable bonds is 8. The number of piperidine rings is 1. The highest BCUT2D eigenvalue weighted by Gasteiger charge is 2.30. The van der Waals surface area contributed by atoms with Crippen LogP contribution in [0.15, 0.2) is 41.5 Å². The predicted octanol–water partition coefficient (Wildman–Crippen LogP) is 6.17. The predicted molar refractivity (Wildman–Crippen MR) is 169 cm³/mol. The Balaban J connectivity index is 0.00000480. The van der Waals surface area contributed by atoms with Crippen molar-refractivity contribution in [2.24, 2.45) is 5.92 Å². The summed E-state index contributed by atoms with van der Waals surface area (Å²) in [5, 5.41) is 9.53. The van der Waals surface area contributed by atoms with E-state index in [1.165, 1.54) is 29.1 Å². The van der Waals surface area contributed by atoms with Crippen molar-refractivity contribution in [2.75, 3.05) is 17.8 Å². The minimum atomic E-state index is -3.77. The van der Waals surface area contributed by atoms with E-state index in [-0.39, 0.29) is 35.5 Å². The summed E-state index contributed by atoms with van der Waals surface area (Å²) in [5.41, 5.74) is -0.779. The van der Waals surface area contributed by atoms with Crippen LogP contribution in [-0.2, 0) is 21.3 Å². The quantitative estimate of drug-likeness (QED) is 0.308. The van der Waals surface area contributed by atoms with E-state index in [9.17, 15) is 27.7 Å². The van der Waals surface area contributed by atoms with Crippen LogP contribution in [0, 0.1) is 23.1 Å². The van der Waals surface area contributed by atoms with E-state index in [0.29, 0.717) is 43.9 Å². The highest BCUT2D eigenvalue weighted by atomic mass is 32.2. The number of aromatic nitrogens is 2. The van der Waals surface area contributed by atoms with Crippen LogP contribution in [0.3, 0.4) is 0 Å². The fourth-order valence-electron chi connectivity index (χ4n) is 5.82. The van der Waals surface area contributed by atoms with Crippen LogP contribution in [0.2, 0.25) is 0 Å². The minimum absolute atomic E-state index is 0. The molecule has 1 aromatic heterocycles. The molecule has 2 fully saturated rings. The van der Waals surface area contributed by atoms with Crippen LogP contribution in [0.1, 0.15) is 72.7 Å². The standard InChI is InChI=1S/C32H38FN5O6S.H2/c1-32(2,3)44-31(40)37-15-12-21(13-16-37)14-17-38-20-35-27-10-8-22(18-24(27)30(38)39)43-29-25(19-34)28(11-9-26(29)33)36-45(41,42)23-6-4-5-7-23;/h8-11,18,20-21,23,36H,4-7,12-17H2,1-3H3;1H. The first-order valence-corrected chi connectivity index (χ1v) is 16.8. The monoisotopic (exact) mass is 641 g/mol. The third-order valence-electron chi connectivity index (χ3n) is 8.27. The SMILES string of the molecule is CC(C)(C)OC(=O)N1CCC(CCn2cnc3ccc(Oc4c(F)ccc(NS(=O)(=O)C5CCCC5)c4C#N)cc3c2=O)CC1.[HH]. The Morgan fingerprint density at radius 2 is 1.87 bits per heavy atom. The topological polar surface area (TPSA) is 144 Å². The van der Waals surface area contributed by atoms with Crippen molar-refractivity contribution in [1.82, 2.24) is 14.5 Å². The largest absolute Gasteiger partial charge is 0.453 e. The first kappa shape index (κ1) is 32.2. The number of hydrogen-bond donors (Lipinski definition) is 1. The fourth-order valence-corrected chi connectivity index (χ4v) is 7.42. The number of nitriles is 1. The highest BCUT2D eigenvalue weighted by molar-refractivity contribution is 7.93. The van der Waals surface area contributed by atoms with Crippen molar-refractivity contribution in [3.8, 4) is 17.6 Å². The van der Waals surface area contributed by atoms with Gasteiger partial charge in [-0.05, 0) is 89.1 Å². The van der Waals surface area contributed by atoms with Crippen molar-refractivity contribution in [1.29, 1.82) is 5.26 Å². The average Bonchev–Trinajstić information content (AvgIpc) is 3.55. The summed E-state index contributed by atoms with van der Waals surface area (Å²) in [7, 11) is -3.77. The molecule has 1 aliphatic carbocycles. The van der Waals surface area contributed by atoms with Crippen LogP contribution >= 0.6 is 0 Å². The first-order valence-electron chi connectivity index (χ1n) is 15.2. The van der Waals surface area contributed by atoms with Gasteiger partial charge in [-0.1, -0.05) is 12.8 Å². The number of amides is 1. The second kappa shape index (κ2) is 13.0. The lowest BCUT2D eigenvalue weighted by molar-refractivity contribution is 0.0179. The van der Waals surface area contributed by atoms with Gasteiger partial charge in [0.1, 0.15) is 23.0 Å². The zero-order chi connectivity index (χ0) is 32.4.